The number of hydrogen-bond acceptors (Lipinski definition) is 3. The summed E-state index contributed by atoms with van der Waals surface area (Å²) in [6.45, 7) is 5.39. The Bertz CT molecular complexity index is 443. The number of benzene rings is 1. The molecule has 1 atom stereocenters. The fourth-order valence-corrected chi connectivity index (χ4v) is 2.98. The molecule has 3 N–H and O–H groups in total. The van der Waals surface area contributed by atoms with Crippen molar-refractivity contribution in [1.82, 2.24) is 10.2 Å². The van der Waals surface area contributed by atoms with E-state index in [1.807, 2.05) is 31.2 Å². The van der Waals surface area contributed by atoms with Gasteiger partial charge in [0.1, 0.15) is 5.54 Å². The Morgan fingerprint density at radius 2 is 1.95 bits per heavy atom. The number of nitrogens with two attached hydrogens (primary N) is 1. The van der Waals surface area contributed by atoms with Crippen LogP contribution in [-0.2, 0) is 10.3 Å². The van der Waals surface area contributed by atoms with Crippen molar-refractivity contribution in [3.63, 3.8) is 0 Å². The quantitative estimate of drug-likeness (QED) is 0.876. The molecule has 1 heterocycles. The predicted molar refractivity (Wildman–Crippen MR) is 77.1 cm³/mol. The van der Waals surface area contributed by atoms with Gasteiger partial charge in [0.05, 0.1) is 0 Å². The lowest BCUT2D eigenvalue weighted by atomic mass is 9.84. The molecule has 104 valence electrons. The van der Waals surface area contributed by atoms with E-state index in [-0.39, 0.29) is 5.91 Å². The monoisotopic (exact) mass is 281 g/mol. The Hall–Kier alpha value is -1.10. The van der Waals surface area contributed by atoms with Crippen molar-refractivity contribution < 1.29 is 4.79 Å². The van der Waals surface area contributed by atoms with Crippen LogP contribution in [-0.4, -0.2) is 37.0 Å². The topological polar surface area (TPSA) is 58.4 Å². The normalized spacial score (nSPS) is 19.9. The molecule has 4 nitrogen and oxygen atoms in total. The summed E-state index contributed by atoms with van der Waals surface area (Å²) < 4.78 is 0. The van der Waals surface area contributed by atoms with E-state index >= 15 is 0 Å². The van der Waals surface area contributed by atoms with Crippen LogP contribution in [0.3, 0.4) is 0 Å². The van der Waals surface area contributed by atoms with Crippen LogP contribution in [0, 0.1) is 0 Å². The molecule has 0 saturated carbocycles. The van der Waals surface area contributed by atoms with Gasteiger partial charge >= 0.3 is 0 Å². The van der Waals surface area contributed by atoms with Gasteiger partial charge in [-0.2, -0.15) is 0 Å². The van der Waals surface area contributed by atoms with Crippen molar-refractivity contribution in [3.8, 4) is 0 Å². The van der Waals surface area contributed by atoms with E-state index in [2.05, 4.69) is 10.2 Å². The maximum atomic E-state index is 12.2. The number of nitrogens with one attached hydrogen (secondary N) is 1. The Morgan fingerprint density at radius 3 is 2.42 bits per heavy atom. The zero-order valence-electron chi connectivity index (χ0n) is 11.2. The molecule has 1 unspecified atom stereocenters. The maximum Gasteiger partial charge on any atom is 0.242 e. The molecular formula is C14H20ClN3O. The number of amides is 1. The molecule has 1 fully saturated rings. The number of primary amides is 1. The van der Waals surface area contributed by atoms with E-state index in [0.29, 0.717) is 11.4 Å². The number of halogens is 1. The van der Waals surface area contributed by atoms with Gasteiger partial charge in [0.15, 0.2) is 0 Å². The molecule has 1 amide bonds. The maximum absolute atomic E-state index is 12.2. The molecule has 19 heavy (non-hydrogen) atoms. The largest absolute Gasteiger partial charge is 0.368 e. The van der Waals surface area contributed by atoms with Crippen LogP contribution in [0.1, 0.15) is 18.9 Å². The first-order valence-corrected chi connectivity index (χ1v) is 7.00. The Kier molecular flexibility index (Phi) is 4.45. The summed E-state index contributed by atoms with van der Waals surface area (Å²) in [4.78, 5) is 14.3. The number of nitrogens with zero attached hydrogens (tertiary/aromatic N) is 1. The second kappa shape index (κ2) is 5.90. The predicted octanol–water partition coefficient (Wildman–Crippen LogP) is 1.34. The molecule has 0 aliphatic carbocycles. The average molecular weight is 282 g/mol. The summed E-state index contributed by atoms with van der Waals surface area (Å²) in [5, 5.41) is 3.96. The molecule has 1 aliphatic heterocycles. The molecular weight excluding hydrogens is 262 g/mol. The van der Waals surface area contributed by atoms with Crippen LogP contribution < -0.4 is 11.1 Å². The Morgan fingerprint density at radius 1 is 1.37 bits per heavy atom. The zero-order valence-corrected chi connectivity index (χ0v) is 11.9. The van der Waals surface area contributed by atoms with E-state index < -0.39 is 5.54 Å². The van der Waals surface area contributed by atoms with E-state index in [4.69, 9.17) is 17.3 Å². The summed E-state index contributed by atoms with van der Waals surface area (Å²) in [7, 11) is 0. The molecule has 0 bridgehead atoms. The van der Waals surface area contributed by atoms with Gasteiger partial charge in [-0.25, -0.2) is 0 Å². The van der Waals surface area contributed by atoms with Crippen molar-refractivity contribution in [3.05, 3.63) is 34.9 Å². The highest BCUT2D eigenvalue weighted by Crippen LogP contribution is 2.33. The average Bonchev–Trinajstić information content (AvgIpc) is 2.43. The number of hydrogen-bond donors (Lipinski definition) is 2. The second-order valence-corrected chi connectivity index (χ2v) is 5.26. The molecule has 1 aromatic carbocycles. The van der Waals surface area contributed by atoms with Gasteiger partial charge in [-0.3, -0.25) is 9.69 Å². The van der Waals surface area contributed by atoms with Crippen LogP contribution in [0.25, 0.3) is 0 Å². The fourth-order valence-electron chi connectivity index (χ4n) is 2.85. The van der Waals surface area contributed by atoms with Crippen LogP contribution in [0.4, 0.5) is 0 Å². The third-order valence-corrected chi connectivity index (χ3v) is 4.15. The van der Waals surface area contributed by atoms with E-state index in [9.17, 15) is 4.79 Å². The molecule has 0 aromatic heterocycles. The highest BCUT2D eigenvalue weighted by molar-refractivity contribution is 6.30. The molecule has 0 radical (unpaired) electrons. The number of piperazine rings is 1. The van der Waals surface area contributed by atoms with Crippen molar-refractivity contribution in [1.29, 1.82) is 0 Å². The molecule has 5 heteroatoms. The Labute approximate surface area is 118 Å². The van der Waals surface area contributed by atoms with Crippen molar-refractivity contribution in [2.75, 3.05) is 26.2 Å². The summed E-state index contributed by atoms with van der Waals surface area (Å²) in [6, 6.07) is 7.43. The lowest BCUT2D eigenvalue weighted by Gasteiger charge is -2.43. The first-order chi connectivity index (χ1) is 9.11. The molecule has 1 aliphatic rings. The van der Waals surface area contributed by atoms with Gasteiger partial charge in [-0.15, -0.1) is 0 Å². The van der Waals surface area contributed by atoms with Gasteiger partial charge in [-0.1, -0.05) is 30.7 Å². The molecule has 2 rings (SSSR count). The number of carbonyl (C=O) groups excluding carboxylic acids is 1. The number of rotatable bonds is 4. The Balaban J connectivity index is 2.43. The first-order valence-electron chi connectivity index (χ1n) is 6.63. The minimum atomic E-state index is -0.729. The van der Waals surface area contributed by atoms with E-state index in [1.165, 1.54) is 0 Å². The smallest absolute Gasteiger partial charge is 0.242 e. The molecule has 1 aromatic rings. The van der Waals surface area contributed by atoms with Crippen LogP contribution in [0.5, 0.6) is 0 Å². The second-order valence-electron chi connectivity index (χ2n) is 4.82. The van der Waals surface area contributed by atoms with Gasteiger partial charge in [0.25, 0.3) is 0 Å². The summed E-state index contributed by atoms with van der Waals surface area (Å²) in [5.41, 5.74) is 5.94. The highest BCUT2D eigenvalue weighted by atomic mass is 35.5. The first kappa shape index (κ1) is 14.3. The zero-order chi connectivity index (χ0) is 13.9. The van der Waals surface area contributed by atoms with Crippen LogP contribution >= 0.6 is 11.6 Å². The van der Waals surface area contributed by atoms with Gasteiger partial charge < -0.3 is 11.1 Å². The summed E-state index contributed by atoms with van der Waals surface area (Å²) in [5.74, 6) is -0.292. The SMILES string of the molecule is CCC(C(N)=O)(c1ccc(Cl)cc1)N1CCNCC1. The molecule has 1 saturated heterocycles. The van der Waals surface area contributed by atoms with Gasteiger partial charge in [-0.05, 0) is 24.1 Å². The van der Waals surface area contributed by atoms with Crippen LogP contribution in [0.2, 0.25) is 5.02 Å². The highest BCUT2D eigenvalue weighted by Gasteiger charge is 2.42. The van der Waals surface area contributed by atoms with E-state index in [1.54, 1.807) is 0 Å². The summed E-state index contributed by atoms with van der Waals surface area (Å²) >= 11 is 5.93. The van der Waals surface area contributed by atoms with Crippen molar-refractivity contribution in [2.45, 2.75) is 18.9 Å². The number of carbonyl (C=O) groups is 1. The van der Waals surface area contributed by atoms with Crippen molar-refractivity contribution >= 4 is 17.5 Å². The fraction of sp³-hybridized carbons (Fsp3) is 0.500. The van der Waals surface area contributed by atoms with Gasteiger partial charge in [0, 0.05) is 31.2 Å². The van der Waals surface area contributed by atoms with Crippen LogP contribution in [0.15, 0.2) is 24.3 Å². The van der Waals surface area contributed by atoms with Crippen molar-refractivity contribution in [2.24, 2.45) is 5.73 Å². The lowest BCUT2D eigenvalue weighted by Crippen LogP contribution is -2.59. The minimum Gasteiger partial charge on any atom is -0.368 e. The van der Waals surface area contributed by atoms with E-state index in [0.717, 1.165) is 31.7 Å². The minimum absolute atomic E-state index is 0.292. The summed E-state index contributed by atoms with van der Waals surface area (Å²) in [6.07, 6.45) is 0.657. The van der Waals surface area contributed by atoms with Gasteiger partial charge in [0.2, 0.25) is 5.91 Å². The third kappa shape index (κ3) is 2.61. The molecule has 0 spiro atoms. The standard InChI is InChI=1S/C14H20ClN3O/c1-2-14(13(16)19,18-9-7-17-8-10-18)11-3-5-12(15)6-4-11/h3-6,17H,2,7-10H2,1H3,(H2,16,19). The lowest BCUT2D eigenvalue weighted by molar-refractivity contribution is -0.132. The third-order valence-electron chi connectivity index (χ3n) is 3.90.